The number of hydrogen-bond donors (Lipinski definition) is 0. The third kappa shape index (κ3) is 11.3. The van der Waals surface area contributed by atoms with Gasteiger partial charge in [0.1, 0.15) is 0 Å². The van der Waals surface area contributed by atoms with E-state index in [9.17, 15) is 4.79 Å². The Morgan fingerprint density at radius 1 is 0.656 bits per heavy atom. The number of amides is 2. The molecule has 2 aliphatic carbocycles. The Bertz CT molecular complexity index is 1980. The number of carbonyl (C=O) groups is 2. The molecular weight excluding hydrogens is 751 g/mol. The van der Waals surface area contributed by atoms with Gasteiger partial charge in [-0.2, -0.15) is 0 Å². The van der Waals surface area contributed by atoms with Crippen LogP contribution in [0.5, 0.6) is 0 Å². The molecule has 0 N–H and O–H groups in total. The van der Waals surface area contributed by atoms with Crippen LogP contribution in [0.25, 0.3) is 0 Å². The minimum absolute atomic E-state index is 0.0270. The van der Waals surface area contributed by atoms with Gasteiger partial charge in [0, 0.05) is 74.6 Å². The number of rotatable bonds is 18. The van der Waals surface area contributed by atoms with Crippen LogP contribution in [0.15, 0.2) is 103 Å². The highest BCUT2D eigenvalue weighted by molar-refractivity contribution is 5.81. The number of hydrogen-bond acceptors (Lipinski definition) is 5. The lowest BCUT2D eigenvalue weighted by Crippen LogP contribution is -2.69. The largest absolute Gasteiger partial charge is 0.343 e. The summed E-state index contributed by atoms with van der Waals surface area (Å²) in [5.74, 6) is 0.329. The number of likely N-dealkylation sites (N-methyl/N-ethyl adjacent to an activating group) is 2. The number of nitrogens with zero attached hydrogens (tertiary/aromatic N) is 5. The molecule has 0 saturated heterocycles. The van der Waals surface area contributed by atoms with Crippen LogP contribution in [0.3, 0.4) is 0 Å². The average molecular weight is 827 g/mol. The van der Waals surface area contributed by atoms with Crippen molar-refractivity contribution in [2.75, 3.05) is 41.8 Å². The molecule has 2 saturated carbocycles. The van der Waals surface area contributed by atoms with E-state index in [-0.39, 0.29) is 53.9 Å². The Labute approximate surface area is 369 Å². The molecule has 2 fully saturated rings. The first-order valence-electron chi connectivity index (χ1n) is 23.3. The first-order valence-corrected chi connectivity index (χ1v) is 23.3. The van der Waals surface area contributed by atoms with Crippen molar-refractivity contribution in [3.63, 3.8) is 0 Å². The second-order valence-corrected chi connectivity index (χ2v) is 19.5. The van der Waals surface area contributed by atoms with Gasteiger partial charge in [-0.15, -0.1) is 0 Å². The Morgan fingerprint density at radius 2 is 1.23 bits per heavy atom. The van der Waals surface area contributed by atoms with Gasteiger partial charge in [-0.25, -0.2) is 4.79 Å². The molecular formula is C54H76N5O2+. The molecule has 7 heteroatoms. The van der Waals surface area contributed by atoms with Gasteiger partial charge in [-0.05, 0) is 129 Å². The zero-order valence-electron chi connectivity index (χ0n) is 38.9. The van der Waals surface area contributed by atoms with Crippen LogP contribution in [-0.4, -0.2) is 107 Å². The number of pyridine rings is 1. The Balaban J connectivity index is 1.30. The SMILES string of the molecule is Cc1ccc(CC2(N(C)C)CCC([N+](CCc3ccccn3)(C(=O)CCC(=O)N(C)C(C)CCc3ccccc3)C3CCC(Cc4cccc(C)c4)(N(C)C)CC3)CC2)cc1. The van der Waals surface area contributed by atoms with Crippen LogP contribution < -0.4 is 0 Å². The summed E-state index contributed by atoms with van der Waals surface area (Å²) in [6.07, 6.45) is 15.1. The summed E-state index contributed by atoms with van der Waals surface area (Å²) in [5.41, 5.74) is 7.74. The van der Waals surface area contributed by atoms with E-state index >= 15 is 4.79 Å². The van der Waals surface area contributed by atoms with Gasteiger partial charge >= 0.3 is 5.91 Å². The predicted octanol–water partition coefficient (Wildman–Crippen LogP) is 9.82. The fourth-order valence-electron chi connectivity index (χ4n) is 11.2. The van der Waals surface area contributed by atoms with Gasteiger partial charge in [-0.1, -0.05) is 96.1 Å². The van der Waals surface area contributed by atoms with Crippen molar-refractivity contribution in [2.45, 2.75) is 146 Å². The van der Waals surface area contributed by atoms with Crippen molar-refractivity contribution >= 4 is 11.8 Å². The second-order valence-electron chi connectivity index (χ2n) is 19.5. The molecule has 2 unspecified atom stereocenters. The molecule has 1 heterocycles. The number of carbonyl (C=O) groups excluding carboxylic acids is 2. The van der Waals surface area contributed by atoms with Crippen LogP contribution in [-0.2, 0) is 35.3 Å². The van der Waals surface area contributed by atoms with Gasteiger partial charge in [0.25, 0.3) is 0 Å². The van der Waals surface area contributed by atoms with Crippen LogP contribution >= 0.6 is 0 Å². The van der Waals surface area contributed by atoms with E-state index in [1.54, 1.807) is 0 Å². The van der Waals surface area contributed by atoms with E-state index in [1.165, 1.54) is 27.8 Å². The first kappa shape index (κ1) is 46.3. The van der Waals surface area contributed by atoms with Crippen molar-refractivity contribution in [3.05, 3.63) is 137 Å². The standard InChI is InChI=1S/C54H76N5O2/c1-42-20-23-46(24-21-42)40-53(56(4)5)33-28-49(29-34-53)59(38-32-48-19-12-13-37-55-48,50-30-35-54(36-31-50,57(6)7)41-47-18-14-15-43(2)39-47)52(61)27-26-51(60)58(8)44(3)22-25-45-16-10-9-11-17-45/h9-21,23-24,37,39,44,49-50H,22,25-36,38,40-41H2,1-8H3/q+1. The van der Waals surface area contributed by atoms with Crippen molar-refractivity contribution in [1.29, 1.82) is 0 Å². The summed E-state index contributed by atoms with van der Waals surface area (Å²) in [7, 11) is 10.9. The number of aryl methyl sites for hydroxylation is 3. The molecule has 2 amide bonds. The molecule has 3 aromatic carbocycles. The number of benzene rings is 3. The molecule has 1 aromatic heterocycles. The van der Waals surface area contributed by atoms with Crippen molar-refractivity contribution in [3.8, 4) is 0 Å². The predicted molar refractivity (Wildman–Crippen MR) is 251 cm³/mol. The Hall–Kier alpha value is -4.17. The molecule has 2 atom stereocenters. The fraction of sp³-hybridized carbons (Fsp3) is 0.537. The summed E-state index contributed by atoms with van der Waals surface area (Å²) < 4.78 is 0.471. The van der Waals surface area contributed by atoms with Gasteiger partial charge in [-0.3, -0.25) is 14.3 Å². The lowest BCUT2D eigenvalue weighted by molar-refractivity contribution is -0.907. The summed E-state index contributed by atoms with van der Waals surface area (Å²) in [6.45, 7) is 7.21. The summed E-state index contributed by atoms with van der Waals surface area (Å²) in [4.78, 5) is 41.3. The quantitative estimate of drug-likeness (QED) is 0.0936. The normalized spacial score (nSPS) is 23.4. The van der Waals surface area contributed by atoms with E-state index in [2.05, 4.69) is 144 Å². The van der Waals surface area contributed by atoms with Crippen molar-refractivity contribution < 1.29 is 14.1 Å². The smallest absolute Gasteiger partial charge is 0.314 e. The molecule has 2 aliphatic rings. The molecule has 0 radical (unpaired) electrons. The molecule has 4 aromatic rings. The molecule has 0 spiro atoms. The topological polar surface area (TPSA) is 56.8 Å². The van der Waals surface area contributed by atoms with Gasteiger partial charge in [0.05, 0.1) is 25.0 Å². The first-order chi connectivity index (χ1) is 29.2. The van der Waals surface area contributed by atoms with E-state index in [1.807, 2.05) is 30.3 Å². The van der Waals surface area contributed by atoms with E-state index < -0.39 is 0 Å². The maximum absolute atomic E-state index is 15.7. The molecule has 0 bridgehead atoms. The van der Waals surface area contributed by atoms with Crippen LogP contribution in [0.1, 0.15) is 111 Å². The second kappa shape index (κ2) is 20.8. The Kier molecular flexibility index (Phi) is 15.8. The Morgan fingerprint density at radius 3 is 1.79 bits per heavy atom. The molecule has 328 valence electrons. The van der Waals surface area contributed by atoms with E-state index in [0.29, 0.717) is 4.48 Å². The molecule has 7 nitrogen and oxygen atoms in total. The highest BCUT2D eigenvalue weighted by Crippen LogP contribution is 2.46. The van der Waals surface area contributed by atoms with Gasteiger partial charge in [0.2, 0.25) is 5.91 Å². The number of aromatic nitrogens is 1. The minimum Gasteiger partial charge on any atom is -0.343 e. The maximum atomic E-state index is 15.7. The van der Waals surface area contributed by atoms with Crippen molar-refractivity contribution in [2.24, 2.45) is 0 Å². The van der Waals surface area contributed by atoms with Crippen LogP contribution in [0.2, 0.25) is 0 Å². The van der Waals surface area contributed by atoms with Gasteiger partial charge < -0.3 is 14.7 Å². The fourth-order valence-corrected chi connectivity index (χ4v) is 11.2. The summed E-state index contributed by atoms with van der Waals surface area (Å²) in [5, 5.41) is 0. The number of quaternary nitrogens is 1. The summed E-state index contributed by atoms with van der Waals surface area (Å²) in [6, 6.07) is 35.2. The van der Waals surface area contributed by atoms with Crippen LogP contribution in [0, 0.1) is 13.8 Å². The maximum Gasteiger partial charge on any atom is 0.314 e. The zero-order valence-corrected chi connectivity index (χ0v) is 38.9. The van der Waals surface area contributed by atoms with E-state index in [0.717, 1.165) is 95.7 Å². The molecule has 6 rings (SSSR count). The van der Waals surface area contributed by atoms with Crippen molar-refractivity contribution in [1.82, 2.24) is 19.7 Å². The highest BCUT2D eigenvalue weighted by Gasteiger charge is 2.55. The molecule has 61 heavy (non-hydrogen) atoms. The average Bonchev–Trinajstić information content (AvgIpc) is 3.27. The van der Waals surface area contributed by atoms with E-state index in [4.69, 9.17) is 4.98 Å². The monoisotopic (exact) mass is 827 g/mol. The van der Waals surface area contributed by atoms with Crippen LogP contribution in [0.4, 0.5) is 0 Å². The minimum atomic E-state index is 0.0270. The highest BCUT2D eigenvalue weighted by atomic mass is 16.2. The molecule has 0 aliphatic heterocycles. The lowest BCUT2D eigenvalue weighted by Gasteiger charge is -2.56. The third-order valence-corrected chi connectivity index (χ3v) is 15.5. The zero-order chi connectivity index (χ0) is 43.6. The lowest BCUT2D eigenvalue weighted by atomic mass is 9.70. The third-order valence-electron chi connectivity index (χ3n) is 15.5. The summed E-state index contributed by atoms with van der Waals surface area (Å²) >= 11 is 0. The van der Waals surface area contributed by atoms with Gasteiger partial charge in [0.15, 0.2) is 0 Å².